The molecule has 0 saturated heterocycles. The van der Waals surface area contributed by atoms with E-state index in [-0.39, 0.29) is 11.1 Å². The topological polar surface area (TPSA) is 75.0 Å². The van der Waals surface area contributed by atoms with E-state index in [0.717, 1.165) is 0 Å². The van der Waals surface area contributed by atoms with Crippen LogP contribution in [0.25, 0.3) is 21.7 Å². The highest BCUT2D eigenvalue weighted by molar-refractivity contribution is 6.15. The maximum absolute atomic E-state index is 12.2. The molecule has 118 valence electrons. The van der Waals surface area contributed by atoms with E-state index in [1.807, 2.05) is 0 Å². The molecule has 6 heteroatoms. The molecule has 0 amide bonds. The second kappa shape index (κ2) is 5.64. The molecule has 2 aromatic carbocycles. The molecule has 3 aromatic rings. The first-order valence-corrected chi connectivity index (χ1v) is 6.80. The average molecular weight is 314 g/mol. The SMILES string of the molecule is COC(=O)c1cc(OC)cc2oc(=O)c3cc(OC)ccc3c12. The highest BCUT2D eigenvalue weighted by Gasteiger charge is 2.18. The van der Waals surface area contributed by atoms with Crippen LogP contribution in [0.5, 0.6) is 11.5 Å². The van der Waals surface area contributed by atoms with Crippen LogP contribution in [0.15, 0.2) is 39.5 Å². The van der Waals surface area contributed by atoms with Crippen molar-refractivity contribution in [3.05, 3.63) is 46.3 Å². The van der Waals surface area contributed by atoms with Crippen LogP contribution in [0.4, 0.5) is 0 Å². The molecule has 1 aromatic heterocycles. The Morgan fingerprint density at radius 2 is 1.70 bits per heavy atom. The van der Waals surface area contributed by atoms with E-state index in [0.29, 0.717) is 27.7 Å². The number of carbonyl (C=O) groups excluding carboxylic acids is 1. The minimum atomic E-state index is -0.542. The third-order valence-electron chi connectivity index (χ3n) is 3.64. The van der Waals surface area contributed by atoms with Gasteiger partial charge in [0.15, 0.2) is 0 Å². The summed E-state index contributed by atoms with van der Waals surface area (Å²) in [5.41, 5.74) is 0.00338. The number of hydrogen-bond donors (Lipinski definition) is 0. The lowest BCUT2D eigenvalue weighted by atomic mass is 10.0. The molecule has 0 fully saturated rings. The van der Waals surface area contributed by atoms with Crippen LogP contribution in [0.2, 0.25) is 0 Å². The van der Waals surface area contributed by atoms with Crippen molar-refractivity contribution < 1.29 is 23.4 Å². The molecule has 23 heavy (non-hydrogen) atoms. The van der Waals surface area contributed by atoms with Gasteiger partial charge in [0.25, 0.3) is 0 Å². The van der Waals surface area contributed by atoms with Gasteiger partial charge >= 0.3 is 11.6 Å². The summed E-state index contributed by atoms with van der Waals surface area (Å²) >= 11 is 0. The summed E-state index contributed by atoms with van der Waals surface area (Å²) in [5.74, 6) is 0.381. The number of hydrogen-bond acceptors (Lipinski definition) is 6. The Morgan fingerprint density at radius 3 is 2.35 bits per heavy atom. The Labute approximate surface area is 131 Å². The third-order valence-corrected chi connectivity index (χ3v) is 3.64. The zero-order valence-electron chi connectivity index (χ0n) is 12.8. The standard InChI is InChI=1S/C17H14O6/c1-20-9-4-5-11-12(6-9)17(19)23-14-8-10(21-2)7-13(15(11)14)16(18)22-3/h4-8H,1-3H3. The number of methoxy groups -OCH3 is 3. The maximum Gasteiger partial charge on any atom is 0.344 e. The highest BCUT2D eigenvalue weighted by atomic mass is 16.5. The van der Waals surface area contributed by atoms with Crippen LogP contribution >= 0.6 is 0 Å². The first kappa shape index (κ1) is 14.9. The van der Waals surface area contributed by atoms with E-state index in [1.54, 1.807) is 30.3 Å². The lowest BCUT2D eigenvalue weighted by Crippen LogP contribution is -2.06. The Balaban J connectivity index is 2.51. The predicted octanol–water partition coefficient (Wildman–Crippen LogP) is 2.75. The second-order valence-electron chi connectivity index (χ2n) is 4.84. The Hall–Kier alpha value is -3.02. The van der Waals surface area contributed by atoms with Gasteiger partial charge in [0.05, 0.1) is 32.3 Å². The summed E-state index contributed by atoms with van der Waals surface area (Å²) in [6, 6.07) is 8.12. The molecule has 0 atom stereocenters. The minimum absolute atomic E-state index is 0.257. The molecule has 0 aliphatic carbocycles. The van der Waals surface area contributed by atoms with Gasteiger partial charge in [0.1, 0.15) is 17.1 Å². The van der Waals surface area contributed by atoms with E-state index in [9.17, 15) is 9.59 Å². The van der Waals surface area contributed by atoms with Crippen molar-refractivity contribution in [2.24, 2.45) is 0 Å². The summed E-state index contributed by atoms with van der Waals surface area (Å²) < 4.78 is 20.5. The van der Waals surface area contributed by atoms with E-state index < -0.39 is 11.6 Å². The molecule has 0 bridgehead atoms. The highest BCUT2D eigenvalue weighted by Crippen LogP contribution is 2.32. The van der Waals surface area contributed by atoms with E-state index in [4.69, 9.17) is 18.6 Å². The summed E-state index contributed by atoms with van der Waals surface area (Å²) in [4.78, 5) is 24.4. The summed E-state index contributed by atoms with van der Waals surface area (Å²) in [6.07, 6.45) is 0. The smallest absolute Gasteiger partial charge is 0.344 e. The lowest BCUT2D eigenvalue weighted by Gasteiger charge is -2.10. The summed E-state index contributed by atoms with van der Waals surface area (Å²) in [7, 11) is 4.26. The van der Waals surface area contributed by atoms with Gasteiger partial charge in [0.2, 0.25) is 0 Å². The Bertz CT molecular complexity index is 970. The zero-order chi connectivity index (χ0) is 16.6. The van der Waals surface area contributed by atoms with Crippen molar-refractivity contribution in [2.75, 3.05) is 21.3 Å². The predicted molar refractivity (Wildman–Crippen MR) is 84.4 cm³/mol. The second-order valence-corrected chi connectivity index (χ2v) is 4.84. The number of esters is 1. The summed E-state index contributed by atoms with van der Waals surface area (Å²) in [6.45, 7) is 0. The lowest BCUT2D eigenvalue weighted by molar-refractivity contribution is 0.0602. The average Bonchev–Trinajstić information content (AvgIpc) is 2.59. The molecular weight excluding hydrogens is 300 g/mol. The van der Waals surface area contributed by atoms with Crippen LogP contribution in [0, 0.1) is 0 Å². The van der Waals surface area contributed by atoms with Crippen LogP contribution in [-0.2, 0) is 4.74 Å². The molecule has 0 N–H and O–H groups in total. The summed E-state index contributed by atoms with van der Waals surface area (Å²) in [5, 5.41) is 1.40. The fourth-order valence-corrected chi connectivity index (χ4v) is 2.53. The number of ether oxygens (including phenoxy) is 3. The van der Waals surface area contributed by atoms with Gasteiger partial charge in [-0.3, -0.25) is 0 Å². The van der Waals surface area contributed by atoms with Crippen molar-refractivity contribution >= 4 is 27.7 Å². The quantitative estimate of drug-likeness (QED) is 0.420. The molecule has 0 unspecified atom stereocenters. The van der Waals surface area contributed by atoms with Crippen molar-refractivity contribution in [3.63, 3.8) is 0 Å². The van der Waals surface area contributed by atoms with Crippen LogP contribution in [0.3, 0.4) is 0 Å². The third kappa shape index (κ3) is 2.38. The molecule has 0 spiro atoms. The van der Waals surface area contributed by atoms with E-state index in [1.165, 1.54) is 21.3 Å². The molecule has 0 radical (unpaired) electrons. The van der Waals surface area contributed by atoms with Crippen molar-refractivity contribution in [2.45, 2.75) is 0 Å². The fraction of sp³-hybridized carbons (Fsp3) is 0.176. The molecule has 1 heterocycles. The number of carbonyl (C=O) groups is 1. The van der Waals surface area contributed by atoms with Crippen molar-refractivity contribution in [1.29, 1.82) is 0 Å². The van der Waals surface area contributed by atoms with Gasteiger partial charge in [-0.2, -0.15) is 0 Å². The van der Waals surface area contributed by atoms with Crippen molar-refractivity contribution in [3.8, 4) is 11.5 Å². The largest absolute Gasteiger partial charge is 0.497 e. The van der Waals surface area contributed by atoms with Gasteiger partial charge in [-0.15, -0.1) is 0 Å². The van der Waals surface area contributed by atoms with Gasteiger partial charge in [-0.1, -0.05) is 0 Å². The Morgan fingerprint density at radius 1 is 0.957 bits per heavy atom. The molecular formula is C17H14O6. The monoisotopic (exact) mass is 314 g/mol. The molecule has 0 aliphatic heterocycles. The number of benzene rings is 2. The van der Waals surface area contributed by atoms with Gasteiger partial charge in [0, 0.05) is 16.8 Å². The maximum atomic E-state index is 12.2. The normalized spacial score (nSPS) is 10.7. The van der Waals surface area contributed by atoms with E-state index in [2.05, 4.69) is 0 Å². The minimum Gasteiger partial charge on any atom is -0.497 e. The number of rotatable bonds is 3. The fourth-order valence-electron chi connectivity index (χ4n) is 2.53. The molecule has 0 aliphatic rings. The Kier molecular flexibility index (Phi) is 3.65. The van der Waals surface area contributed by atoms with Gasteiger partial charge in [-0.25, -0.2) is 9.59 Å². The zero-order valence-corrected chi connectivity index (χ0v) is 12.8. The number of fused-ring (bicyclic) bond motifs is 3. The van der Waals surface area contributed by atoms with E-state index >= 15 is 0 Å². The van der Waals surface area contributed by atoms with Gasteiger partial charge in [-0.05, 0) is 24.3 Å². The molecule has 3 rings (SSSR count). The first-order chi connectivity index (χ1) is 11.1. The van der Waals surface area contributed by atoms with Crippen LogP contribution in [-0.4, -0.2) is 27.3 Å². The first-order valence-electron chi connectivity index (χ1n) is 6.80. The molecule has 0 saturated carbocycles. The van der Waals surface area contributed by atoms with Crippen LogP contribution < -0.4 is 15.1 Å². The van der Waals surface area contributed by atoms with Crippen LogP contribution in [0.1, 0.15) is 10.4 Å². The van der Waals surface area contributed by atoms with Crippen molar-refractivity contribution in [1.82, 2.24) is 0 Å². The molecule has 6 nitrogen and oxygen atoms in total. The van der Waals surface area contributed by atoms with Gasteiger partial charge < -0.3 is 18.6 Å².